The first-order chi connectivity index (χ1) is 10.5. The van der Waals surface area contributed by atoms with Gasteiger partial charge in [0.25, 0.3) is 0 Å². The van der Waals surface area contributed by atoms with E-state index in [4.69, 9.17) is 0 Å². The van der Waals surface area contributed by atoms with Gasteiger partial charge in [-0.3, -0.25) is 4.79 Å². The second-order valence-corrected chi connectivity index (χ2v) is 7.62. The van der Waals surface area contributed by atoms with Gasteiger partial charge in [-0.05, 0) is 44.0 Å². The lowest BCUT2D eigenvalue weighted by Crippen LogP contribution is -2.39. The molecular weight excluding hydrogens is 302 g/mol. The lowest BCUT2D eigenvalue weighted by molar-refractivity contribution is -0.121. The second-order valence-electron chi connectivity index (χ2n) is 5.57. The summed E-state index contributed by atoms with van der Waals surface area (Å²) in [4.78, 5) is 12.1. The number of carbonyl (C=O) groups is 1. The highest BCUT2D eigenvalue weighted by Gasteiger charge is 2.22. The molecule has 0 bridgehead atoms. The van der Waals surface area contributed by atoms with E-state index in [9.17, 15) is 13.2 Å². The number of carbonyl (C=O) groups excluding carboxylic acids is 1. The minimum atomic E-state index is -3.61. The molecule has 1 aromatic rings. The molecule has 1 fully saturated rings. The predicted octanol–water partition coefficient (Wildman–Crippen LogP) is 0.423. The van der Waals surface area contributed by atoms with E-state index in [1.807, 2.05) is 0 Å². The molecule has 6 nitrogen and oxygen atoms in total. The number of nitrogens with zero attached hydrogens (tertiary/aromatic N) is 1. The maximum absolute atomic E-state index is 12.3. The molecule has 1 unspecified atom stereocenters. The zero-order valence-electron chi connectivity index (χ0n) is 12.8. The van der Waals surface area contributed by atoms with Crippen LogP contribution >= 0.6 is 0 Å². The van der Waals surface area contributed by atoms with Crippen LogP contribution in [0, 0.1) is 5.92 Å². The van der Waals surface area contributed by atoms with Crippen molar-refractivity contribution in [1.29, 1.82) is 0 Å². The van der Waals surface area contributed by atoms with Crippen LogP contribution in [0.1, 0.15) is 12.8 Å². The molecule has 1 saturated heterocycles. The number of benzene rings is 1. The molecule has 0 aromatic heterocycles. The molecule has 1 aromatic carbocycles. The smallest absolute Gasteiger partial charge is 0.243 e. The van der Waals surface area contributed by atoms with Gasteiger partial charge in [-0.1, -0.05) is 18.2 Å². The minimum Gasteiger partial charge on any atom is -0.355 e. The Kier molecular flexibility index (Phi) is 5.93. The number of sulfonamides is 1. The van der Waals surface area contributed by atoms with Crippen molar-refractivity contribution in [2.45, 2.75) is 17.7 Å². The average Bonchev–Trinajstić information content (AvgIpc) is 3.01. The summed E-state index contributed by atoms with van der Waals surface area (Å²) < 4.78 is 25.7. The fraction of sp³-hybridized carbons (Fsp3) is 0.533. The standard InChI is InChI=1S/C15H23N3O3S/c1-18(22(20,21)14-5-3-2-4-6-14)12-15(19)17-10-8-13-7-9-16-11-13/h2-6,13,16H,7-12H2,1H3,(H,17,19). The monoisotopic (exact) mass is 325 g/mol. The first-order valence-corrected chi connectivity index (χ1v) is 8.93. The maximum atomic E-state index is 12.3. The third kappa shape index (κ3) is 4.53. The summed E-state index contributed by atoms with van der Waals surface area (Å²) >= 11 is 0. The Bertz CT molecular complexity index is 583. The van der Waals surface area contributed by atoms with Gasteiger partial charge in [0.05, 0.1) is 11.4 Å². The third-order valence-corrected chi connectivity index (χ3v) is 5.67. The van der Waals surface area contributed by atoms with E-state index in [-0.39, 0.29) is 17.3 Å². The lowest BCUT2D eigenvalue weighted by atomic mass is 10.1. The number of rotatable bonds is 7. The van der Waals surface area contributed by atoms with Crippen LogP contribution in [0.3, 0.4) is 0 Å². The molecule has 1 amide bonds. The second kappa shape index (κ2) is 7.71. The number of hydrogen-bond donors (Lipinski definition) is 2. The molecule has 1 aliphatic rings. The van der Waals surface area contributed by atoms with E-state index in [1.165, 1.54) is 19.2 Å². The molecule has 0 radical (unpaired) electrons. The lowest BCUT2D eigenvalue weighted by Gasteiger charge is -2.17. The van der Waals surface area contributed by atoms with Gasteiger partial charge in [-0.2, -0.15) is 4.31 Å². The summed E-state index contributed by atoms with van der Waals surface area (Å²) in [6.07, 6.45) is 2.06. The first kappa shape index (κ1) is 16.9. The molecule has 0 spiro atoms. The Hall–Kier alpha value is -1.44. The van der Waals surface area contributed by atoms with E-state index < -0.39 is 10.0 Å². The van der Waals surface area contributed by atoms with Crippen LogP contribution in [0.15, 0.2) is 35.2 Å². The largest absolute Gasteiger partial charge is 0.355 e. The van der Waals surface area contributed by atoms with Gasteiger partial charge in [0.1, 0.15) is 0 Å². The van der Waals surface area contributed by atoms with E-state index in [0.717, 1.165) is 30.2 Å². The van der Waals surface area contributed by atoms with Gasteiger partial charge >= 0.3 is 0 Å². The van der Waals surface area contributed by atoms with Crippen LogP contribution in [-0.4, -0.2) is 51.9 Å². The number of hydrogen-bond acceptors (Lipinski definition) is 4. The van der Waals surface area contributed by atoms with Crippen molar-refractivity contribution in [3.63, 3.8) is 0 Å². The predicted molar refractivity (Wildman–Crippen MR) is 84.9 cm³/mol. The fourth-order valence-electron chi connectivity index (χ4n) is 2.49. The average molecular weight is 325 g/mol. The van der Waals surface area contributed by atoms with Crippen molar-refractivity contribution >= 4 is 15.9 Å². The summed E-state index contributed by atoms with van der Waals surface area (Å²) in [5.74, 6) is 0.332. The van der Waals surface area contributed by atoms with E-state index in [1.54, 1.807) is 18.2 Å². The Balaban J connectivity index is 1.80. The Labute approximate surface area is 131 Å². The van der Waals surface area contributed by atoms with E-state index >= 15 is 0 Å². The molecular formula is C15H23N3O3S. The highest BCUT2D eigenvalue weighted by atomic mass is 32.2. The summed E-state index contributed by atoms with van der Waals surface area (Å²) in [6.45, 7) is 2.46. The topological polar surface area (TPSA) is 78.5 Å². The summed E-state index contributed by atoms with van der Waals surface area (Å²) in [5, 5.41) is 6.07. The van der Waals surface area contributed by atoms with Crippen molar-refractivity contribution in [3.05, 3.63) is 30.3 Å². The summed E-state index contributed by atoms with van der Waals surface area (Å²) in [7, 11) is -2.19. The maximum Gasteiger partial charge on any atom is 0.243 e. The van der Waals surface area contributed by atoms with Crippen molar-refractivity contribution in [2.24, 2.45) is 5.92 Å². The van der Waals surface area contributed by atoms with Gasteiger partial charge in [-0.15, -0.1) is 0 Å². The molecule has 2 rings (SSSR count). The van der Waals surface area contributed by atoms with Crippen LogP contribution in [0.25, 0.3) is 0 Å². The van der Waals surface area contributed by atoms with Crippen molar-refractivity contribution in [1.82, 2.24) is 14.9 Å². The van der Waals surface area contributed by atoms with Crippen LogP contribution in [0.4, 0.5) is 0 Å². The highest BCUT2D eigenvalue weighted by Crippen LogP contribution is 2.13. The van der Waals surface area contributed by atoms with Crippen molar-refractivity contribution in [3.8, 4) is 0 Å². The number of amides is 1. The molecule has 22 heavy (non-hydrogen) atoms. The fourth-order valence-corrected chi connectivity index (χ4v) is 3.64. The molecule has 2 N–H and O–H groups in total. The van der Waals surface area contributed by atoms with Crippen LogP contribution in [0.2, 0.25) is 0 Å². The SMILES string of the molecule is CN(CC(=O)NCCC1CCNC1)S(=O)(=O)c1ccccc1. The highest BCUT2D eigenvalue weighted by molar-refractivity contribution is 7.89. The van der Waals surface area contributed by atoms with Crippen LogP contribution < -0.4 is 10.6 Å². The molecule has 0 aliphatic carbocycles. The third-order valence-electron chi connectivity index (χ3n) is 3.85. The molecule has 1 heterocycles. The first-order valence-electron chi connectivity index (χ1n) is 7.49. The van der Waals surface area contributed by atoms with Crippen molar-refractivity contribution < 1.29 is 13.2 Å². The van der Waals surface area contributed by atoms with Gasteiger partial charge in [0.15, 0.2) is 0 Å². The van der Waals surface area contributed by atoms with E-state index in [0.29, 0.717) is 12.5 Å². The number of nitrogens with one attached hydrogen (secondary N) is 2. The summed E-state index contributed by atoms with van der Waals surface area (Å²) in [6, 6.07) is 8.13. The Morgan fingerprint density at radius 3 is 2.73 bits per heavy atom. The number of likely N-dealkylation sites (N-methyl/N-ethyl adjacent to an activating group) is 1. The zero-order valence-corrected chi connectivity index (χ0v) is 13.6. The Morgan fingerprint density at radius 2 is 2.09 bits per heavy atom. The zero-order chi connectivity index (χ0) is 16.0. The van der Waals surface area contributed by atoms with Gasteiger partial charge in [0.2, 0.25) is 15.9 Å². The van der Waals surface area contributed by atoms with Crippen LogP contribution in [0.5, 0.6) is 0 Å². The minimum absolute atomic E-state index is 0.167. The van der Waals surface area contributed by atoms with Gasteiger partial charge in [-0.25, -0.2) is 8.42 Å². The molecule has 122 valence electrons. The van der Waals surface area contributed by atoms with E-state index in [2.05, 4.69) is 10.6 Å². The summed E-state index contributed by atoms with van der Waals surface area (Å²) in [5.41, 5.74) is 0. The van der Waals surface area contributed by atoms with Gasteiger partial charge in [0, 0.05) is 13.6 Å². The molecule has 0 saturated carbocycles. The van der Waals surface area contributed by atoms with Gasteiger partial charge < -0.3 is 10.6 Å². The molecule has 1 aliphatic heterocycles. The normalized spacial score (nSPS) is 18.5. The molecule has 1 atom stereocenters. The molecule has 7 heteroatoms. The quantitative estimate of drug-likeness (QED) is 0.762. The van der Waals surface area contributed by atoms with Crippen LogP contribution in [-0.2, 0) is 14.8 Å². The Morgan fingerprint density at radius 1 is 1.36 bits per heavy atom. The van der Waals surface area contributed by atoms with Crippen molar-refractivity contribution in [2.75, 3.05) is 33.2 Å².